The van der Waals surface area contributed by atoms with Crippen LogP contribution in [0.1, 0.15) is 56.1 Å². The molecular formula is C23H18ClN3O3. The van der Waals surface area contributed by atoms with Crippen molar-refractivity contribution in [2.75, 3.05) is 0 Å². The number of hydrogen-bond acceptors (Lipinski definition) is 4. The van der Waals surface area contributed by atoms with E-state index >= 15 is 0 Å². The smallest absolute Gasteiger partial charge is 0.335 e. The van der Waals surface area contributed by atoms with Crippen LogP contribution in [-0.2, 0) is 6.42 Å². The van der Waals surface area contributed by atoms with Crippen LogP contribution in [0.2, 0.25) is 5.02 Å². The van der Waals surface area contributed by atoms with Gasteiger partial charge in [0.15, 0.2) is 0 Å². The molecule has 3 rings (SSSR count). The van der Waals surface area contributed by atoms with Gasteiger partial charge in [0.1, 0.15) is 0 Å². The summed E-state index contributed by atoms with van der Waals surface area (Å²) in [6.45, 7) is 1.81. The maximum absolute atomic E-state index is 12.9. The first-order valence-corrected chi connectivity index (χ1v) is 9.52. The molecule has 2 aromatic carbocycles. The minimum absolute atomic E-state index is 0.179. The zero-order valence-electron chi connectivity index (χ0n) is 16.1. The van der Waals surface area contributed by atoms with E-state index in [4.69, 9.17) is 22.0 Å². The lowest BCUT2D eigenvalue weighted by Gasteiger charge is -2.16. The standard InChI is InChI=1S/C23H18ClN3O3/c1-14(17-5-7-18(8-6-17)23(29)30)27-22(28)20-11-19(24)13-26-21(20)10-15-3-2-4-16(9-15)12-25/h2-9,11,13-14H,10H2,1H3,(H,27,28)(H,29,30)/t14-/m0/s1. The van der Waals surface area contributed by atoms with Crippen molar-refractivity contribution in [3.05, 3.63) is 99.3 Å². The number of nitrogens with one attached hydrogen (secondary N) is 1. The van der Waals surface area contributed by atoms with Gasteiger partial charge in [-0.05, 0) is 48.4 Å². The van der Waals surface area contributed by atoms with Gasteiger partial charge in [0.25, 0.3) is 5.91 Å². The summed E-state index contributed by atoms with van der Waals surface area (Å²) < 4.78 is 0. The SMILES string of the molecule is C[C@H](NC(=O)c1cc(Cl)cnc1Cc1cccc(C#N)c1)c1ccc(C(=O)O)cc1. The third kappa shape index (κ3) is 5.02. The molecule has 1 aromatic heterocycles. The number of pyridine rings is 1. The van der Waals surface area contributed by atoms with Crippen LogP contribution in [0.15, 0.2) is 60.8 Å². The Balaban J connectivity index is 1.82. The lowest BCUT2D eigenvalue weighted by atomic mass is 10.0. The summed E-state index contributed by atoms with van der Waals surface area (Å²) >= 11 is 6.07. The second-order valence-corrected chi connectivity index (χ2v) is 7.20. The van der Waals surface area contributed by atoms with Gasteiger partial charge in [-0.3, -0.25) is 9.78 Å². The highest BCUT2D eigenvalue weighted by Crippen LogP contribution is 2.20. The van der Waals surface area contributed by atoms with Crippen molar-refractivity contribution in [2.45, 2.75) is 19.4 Å². The number of carbonyl (C=O) groups is 2. The van der Waals surface area contributed by atoms with Gasteiger partial charge >= 0.3 is 5.97 Å². The van der Waals surface area contributed by atoms with E-state index in [1.165, 1.54) is 18.3 Å². The number of nitriles is 1. The van der Waals surface area contributed by atoms with Gasteiger partial charge in [-0.15, -0.1) is 0 Å². The highest BCUT2D eigenvalue weighted by Gasteiger charge is 2.17. The molecule has 0 aliphatic carbocycles. The van der Waals surface area contributed by atoms with Crippen molar-refractivity contribution >= 4 is 23.5 Å². The van der Waals surface area contributed by atoms with Crippen molar-refractivity contribution in [1.82, 2.24) is 10.3 Å². The van der Waals surface area contributed by atoms with Crippen LogP contribution < -0.4 is 5.32 Å². The first kappa shape index (κ1) is 21.0. The van der Waals surface area contributed by atoms with Gasteiger partial charge in [-0.25, -0.2) is 4.79 Å². The minimum atomic E-state index is -1.01. The number of rotatable bonds is 6. The number of halogens is 1. The monoisotopic (exact) mass is 419 g/mol. The summed E-state index contributed by atoms with van der Waals surface area (Å²) in [5.41, 5.74) is 3.23. The lowest BCUT2D eigenvalue weighted by molar-refractivity contribution is 0.0696. The zero-order chi connectivity index (χ0) is 21.7. The van der Waals surface area contributed by atoms with E-state index in [1.54, 1.807) is 36.4 Å². The second-order valence-electron chi connectivity index (χ2n) is 6.76. The van der Waals surface area contributed by atoms with Crippen LogP contribution in [-0.4, -0.2) is 22.0 Å². The van der Waals surface area contributed by atoms with Gasteiger partial charge < -0.3 is 10.4 Å². The van der Waals surface area contributed by atoms with Crippen molar-refractivity contribution < 1.29 is 14.7 Å². The Morgan fingerprint density at radius 3 is 2.60 bits per heavy atom. The highest BCUT2D eigenvalue weighted by molar-refractivity contribution is 6.30. The molecule has 2 N–H and O–H groups in total. The van der Waals surface area contributed by atoms with E-state index in [2.05, 4.69) is 16.4 Å². The molecule has 0 saturated heterocycles. The van der Waals surface area contributed by atoms with E-state index in [1.807, 2.05) is 13.0 Å². The Morgan fingerprint density at radius 1 is 1.20 bits per heavy atom. The third-order valence-electron chi connectivity index (χ3n) is 4.61. The van der Waals surface area contributed by atoms with Crippen LogP contribution in [0.25, 0.3) is 0 Å². The largest absolute Gasteiger partial charge is 0.478 e. The molecule has 0 fully saturated rings. The average molecular weight is 420 g/mol. The Bertz CT molecular complexity index is 1140. The predicted molar refractivity (Wildman–Crippen MR) is 112 cm³/mol. The van der Waals surface area contributed by atoms with Crippen LogP contribution in [0.3, 0.4) is 0 Å². The Kier molecular flexibility index (Phi) is 6.45. The van der Waals surface area contributed by atoms with Crippen molar-refractivity contribution in [3.8, 4) is 6.07 Å². The summed E-state index contributed by atoms with van der Waals surface area (Å²) in [7, 11) is 0. The fraction of sp³-hybridized carbons (Fsp3) is 0.130. The van der Waals surface area contributed by atoms with E-state index in [0.29, 0.717) is 28.3 Å². The minimum Gasteiger partial charge on any atom is -0.478 e. The molecule has 1 atom stereocenters. The molecule has 0 unspecified atom stereocenters. The summed E-state index contributed by atoms with van der Waals surface area (Å²) in [5.74, 6) is -1.35. The molecule has 3 aromatic rings. The molecule has 1 heterocycles. The van der Waals surface area contributed by atoms with Crippen LogP contribution in [0, 0.1) is 11.3 Å². The van der Waals surface area contributed by atoms with E-state index in [9.17, 15) is 9.59 Å². The van der Waals surface area contributed by atoms with Crippen LogP contribution in [0.5, 0.6) is 0 Å². The molecule has 30 heavy (non-hydrogen) atoms. The highest BCUT2D eigenvalue weighted by atomic mass is 35.5. The molecule has 150 valence electrons. The van der Waals surface area contributed by atoms with Gasteiger partial charge in [0, 0.05) is 12.6 Å². The number of carboxylic acids is 1. The zero-order valence-corrected chi connectivity index (χ0v) is 16.8. The molecule has 0 bridgehead atoms. The van der Waals surface area contributed by atoms with Gasteiger partial charge in [0.2, 0.25) is 0 Å². The molecule has 7 heteroatoms. The molecule has 0 aliphatic heterocycles. The van der Waals surface area contributed by atoms with Crippen molar-refractivity contribution in [2.24, 2.45) is 0 Å². The maximum atomic E-state index is 12.9. The number of hydrogen-bond donors (Lipinski definition) is 2. The van der Waals surface area contributed by atoms with Crippen molar-refractivity contribution in [1.29, 1.82) is 5.26 Å². The summed E-state index contributed by atoms with van der Waals surface area (Å²) in [6, 6.07) is 16.7. The second kappa shape index (κ2) is 9.21. The number of aromatic carboxylic acids is 1. The number of carbonyl (C=O) groups excluding carboxylic acids is 1. The molecule has 0 saturated carbocycles. The van der Waals surface area contributed by atoms with E-state index < -0.39 is 5.97 Å². The third-order valence-corrected chi connectivity index (χ3v) is 4.82. The topological polar surface area (TPSA) is 103 Å². The van der Waals surface area contributed by atoms with E-state index in [0.717, 1.165) is 11.1 Å². The summed E-state index contributed by atoms with van der Waals surface area (Å²) in [5, 5.41) is 21.3. The Morgan fingerprint density at radius 2 is 1.93 bits per heavy atom. The number of amides is 1. The predicted octanol–water partition coefficient (Wildman–Crippen LogP) is 4.39. The van der Waals surface area contributed by atoms with Gasteiger partial charge in [-0.2, -0.15) is 5.26 Å². The first-order valence-electron chi connectivity index (χ1n) is 9.15. The molecular weight excluding hydrogens is 402 g/mol. The van der Waals surface area contributed by atoms with E-state index in [-0.39, 0.29) is 17.5 Å². The van der Waals surface area contributed by atoms with Gasteiger partial charge in [0.05, 0.1) is 39.5 Å². The van der Waals surface area contributed by atoms with Gasteiger partial charge in [-0.1, -0.05) is 35.9 Å². The van der Waals surface area contributed by atoms with Crippen molar-refractivity contribution in [3.63, 3.8) is 0 Å². The summed E-state index contributed by atoms with van der Waals surface area (Å²) in [4.78, 5) is 28.3. The Labute approximate surface area is 178 Å². The molecule has 0 radical (unpaired) electrons. The van der Waals surface area contributed by atoms with Crippen LogP contribution in [0.4, 0.5) is 0 Å². The normalized spacial score (nSPS) is 11.4. The molecule has 6 nitrogen and oxygen atoms in total. The number of benzene rings is 2. The first-order chi connectivity index (χ1) is 14.4. The molecule has 0 aliphatic rings. The maximum Gasteiger partial charge on any atom is 0.335 e. The quantitative estimate of drug-likeness (QED) is 0.616. The molecule has 0 spiro atoms. The van der Waals surface area contributed by atoms with Crippen LogP contribution >= 0.6 is 11.6 Å². The average Bonchev–Trinajstić information content (AvgIpc) is 2.75. The fourth-order valence-corrected chi connectivity index (χ4v) is 3.18. The molecule has 1 amide bonds. The number of nitrogens with zero attached hydrogens (tertiary/aromatic N) is 2. The summed E-state index contributed by atoms with van der Waals surface area (Å²) in [6.07, 6.45) is 1.85. The Hall–Kier alpha value is -3.69. The number of carboxylic acid groups (broad SMARTS) is 1. The number of aromatic nitrogens is 1. The fourth-order valence-electron chi connectivity index (χ4n) is 3.02. The lowest BCUT2D eigenvalue weighted by Crippen LogP contribution is -2.28.